The highest BCUT2D eigenvalue weighted by atomic mass is 32.2. The van der Waals surface area contributed by atoms with Gasteiger partial charge in [-0.2, -0.15) is 9.40 Å². The van der Waals surface area contributed by atoms with Gasteiger partial charge in [-0.05, 0) is 44.0 Å². The van der Waals surface area contributed by atoms with E-state index in [2.05, 4.69) is 15.0 Å². The minimum atomic E-state index is -4.00. The van der Waals surface area contributed by atoms with Crippen LogP contribution >= 0.6 is 0 Å². The van der Waals surface area contributed by atoms with Gasteiger partial charge in [-0.1, -0.05) is 31.9 Å². The molecule has 1 fully saturated rings. The molecule has 0 saturated carbocycles. The van der Waals surface area contributed by atoms with Crippen molar-refractivity contribution < 1.29 is 23.0 Å². The molecule has 0 atom stereocenters. The van der Waals surface area contributed by atoms with Crippen molar-refractivity contribution in [3.63, 3.8) is 0 Å². The number of sulfonamides is 1. The first-order valence-electron chi connectivity index (χ1n) is 14.7. The summed E-state index contributed by atoms with van der Waals surface area (Å²) in [4.78, 5) is 23.1. The molecule has 3 aromatic rings. The van der Waals surface area contributed by atoms with Crippen LogP contribution in [0.2, 0.25) is 0 Å². The van der Waals surface area contributed by atoms with E-state index in [0.717, 1.165) is 37.8 Å². The van der Waals surface area contributed by atoms with Gasteiger partial charge in [0.1, 0.15) is 17.1 Å². The summed E-state index contributed by atoms with van der Waals surface area (Å²) in [6.45, 7) is 9.87. The number of hydrogen-bond acceptors (Lipinski definition) is 9. The number of nitrogens with one attached hydrogen (secondary N) is 1. The van der Waals surface area contributed by atoms with E-state index in [1.807, 2.05) is 20.8 Å². The van der Waals surface area contributed by atoms with Gasteiger partial charge in [0.25, 0.3) is 5.56 Å². The number of H-pyrrole nitrogens is 1. The lowest BCUT2D eigenvalue weighted by Gasteiger charge is -2.30. The Hall–Kier alpha value is -3.52. The number of benzene rings is 1. The molecule has 1 aliphatic heterocycles. The molecule has 3 heterocycles. The molecule has 2 aromatic heterocycles. The molecular formula is C30H42N6O6S. The number of aromatic nitrogens is 4. The van der Waals surface area contributed by atoms with Crippen LogP contribution in [-0.2, 0) is 28.2 Å². The van der Waals surface area contributed by atoms with E-state index in [4.69, 9.17) is 19.6 Å². The Labute approximate surface area is 252 Å². The number of hydrogen-bond donors (Lipinski definition) is 2. The first-order chi connectivity index (χ1) is 20.7. The van der Waals surface area contributed by atoms with Crippen LogP contribution in [0.4, 0.5) is 0 Å². The molecule has 1 aromatic carbocycles. The van der Waals surface area contributed by atoms with Gasteiger partial charge in [0.2, 0.25) is 10.0 Å². The summed E-state index contributed by atoms with van der Waals surface area (Å²) < 4.78 is 42.8. The highest BCUT2D eigenvalue weighted by Gasteiger charge is 2.28. The Bertz CT molecular complexity index is 1620. The van der Waals surface area contributed by atoms with Crippen molar-refractivity contribution in [2.45, 2.75) is 44.9 Å². The van der Waals surface area contributed by atoms with Crippen LogP contribution in [0.25, 0.3) is 22.4 Å². The van der Waals surface area contributed by atoms with E-state index in [-0.39, 0.29) is 29.4 Å². The molecule has 12 nitrogen and oxygen atoms in total. The molecule has 43 heavy (non-hydrogen) atoms. The predicted molar refractivity (Wildman–Crippen MR) is 166 cm³/mol. The first-order valence-corrected chi connectivity index (χ1v) is 16.1. The molecule has 234 valence electrons. The molecule has 2 N–H and O–H groups in total. The fourth-order valence-corrected chi connectivity index (χ4v) is 6.52. The van der Waals surface area contributed by atoms with Crippen LogP contribution in [0, 0.1) is 0 Å². The summed E-state index contributed by atoms with van der Waals surface area (Å²) in [6, 6.07) is 4.67. The van der Waals surface area contributed by atoms with Crippen molar-refractivity contribution in [1.29, 1.82) is 0 Å². The van der Waals surface area contributed by atoms with Crippen LogP contribution in [0.1, 0.15) is 39.3 Å². The number of fused-ring (bicyclic) bond motifs is 1. The van der Waals surface area contributed by atoms with Crippen molar-refractivity contribution in [2.75, 3.05) is 52.5 Å². The monoisotopic (exact) mass is 614 g/mol. The maximum absolute atomic E-state index is 14.2. The summed E-state index contributed by atoms with van der Waals surface area (Å²) in [7, 11) is -2.29. The number of aryl methyl sites for hydroxylation is 2. The molecule has 0 radical (unpaired) electrons. The Morgan fingerprint density at radius 2 is 2.00 bits per heavy atom. The molecule has 1 saturated heterocycles. The summed E-state index contributed by atoms with van der Waals surface area (Å²) >= 11 is 0. The van der Waals surface area contributed by atoms with Crippen molar-refractivity contribution in [1.82, 2.24) is 29.0 Å². The number of nitrogens with zero attached hydrogens (tertiary/aromatic N) is 5. The number of ether oxygens (including phenoxy) is 2. The zero-order valence-electron chi connectivity index (χ0n) is 25.4. The fourth-order valence-electron chi connectivity index (χ4n) is 5.02. The standard InChI is InChI=1S/C30H42N6O6S/c1-5-8-25-27-28(34(4)33-25)30(38)32-29(31-27)24-20-23(10-11-26(24)42-17-6-2)43(39,40)36(21-22(3)9-7-16-37)13-12-35-14-18-41-19-15-35/h7,9-11,16,20,37H,5-6,8,12-15,17-19,21H2,1-4H3,(H,31,32,38)/b16-7-,22-9+. The van der Waals surface area contributed by atoms with E-state index >= 15 is 0 Å². The average Bonchev–Trinajstić information content (AvgIpc) is 3.32. The van der Waals surface area contributed by atoms with Gasteiger partial charge < -0.3 is 19.6 Å². The Kier molecular flexibility index (Phi) is 11.1. The predicted octanol–water partition coefficient (Wildman–Crippen LogP) is 3.41. The van der Waals surface area contributed by atoms with Crippen LogP contribution in [0.3, 0.4) is 0 Å². The molecule has 13 heteroatoms. The van der Waals surface area contributed by atoms with Gasteiger partial charge >= 0.3 is 0 Å². The third kappa shape index (κ3) is 7.71. The topological polar surface area (TPSA) is 143 Å². The lowest BCUT2D eigenvalue weighted by molar-refractivity contribution is 0.0365. The van der Waals surface area contributed by atoms with E-state index < -0.39 is 10.0 Å². The Balaban J connectivity index is 1.79. The second-order valence-electron chi connectivity index (χ2n) is 10.6. The van der Waals surface area contributed by atoms with Crippen molar-refractivity contribution in [3.05, 3.63) is 58.2 Å². The summed E-state index contributed by atoms with van der Waals surface area (Å²) in [5, 5.41) is 13.6. The molecule has 0 spiro atoms. The molecule has 0 amide bonds. The Morgan fingerprint density at radius 1 is 1.23 bits per heavy atom. The lowest BCUT2D eigenvalue weighted by Crippen LogP contribution is -2.43. The maximum atomic E-state index is 14.2. The van der Waals surface area contributed by atoms with E-state index in [1.165, 1.54) is 27.2 Å². The van der Waals surface area contributed by atoms with Crippen molar-refractivity contribution >= 4 is 21.1 Å². The van der Waals surface area contributed by atoms with E-state index in [1.54, 1.807) is 19.2 Å². The second kappa shape index (κ2) is 14.8. The van der Waals surface area contributed by atoms with Crippen LogP contribution in [0.5, 0.6) is 5.75 Å². The molecule has 4 rings (SSSR count). The fraction of sp³-hybridized carbons (Fsp3) is 0.500. The van der Waals surface area contributed by atoms with Gasteiger partial charge in [-0.25, -0.2) is 13.4 Å². The molecular weight excluding hydrogens is 572 g/mol. The van der Waals surface area contributed by atoms with Crippen molar-refractivity contribution in [3.8, 4) is 17.1 Å². The highest BCUT2D eigenvalue weighted by molar-refractivity contribution is 7.89. The highest BCUT2D eigenvalue weighted by Crippen LogP contribution is 2.32. The van der Waals surface area contributed by atoms with Gasteiger partial charge in [-0.3, -0.25) is 14.4 Å². The summed E-state index contributed by atoms with van der Waals surface area (Å²) in [5.41, 5.74) is 2.33. The van der Waals surface area contributed by atoms with Gasteiger partial charge in [0, 0.05) is 39.8 Å². The molecule has 0 bridgehead atoms. The number of aliphatic hydroxyl groups is 1. The number of morpholine rings is 1. The maximum Gasteiger partial charge on any atom is 0.277 e. The van der Waals surface area contributed by atoms with Gasteiger partial charge in [0.15, 0.2) is 5.52 Å². The minimum absolute atomic E-state index is 0.0570. The summed E-state index contributed by atoms with van der Waals surface area (Å²) in [6.07, 6.45) is 6.28. The first kappa shape index (κ1) is 32.4. The smallest absolute Gasteiger partial charge is 0.277 e. The lowest BCUT2D eigenvalue weighted by atomic mass is 10.1. The summed E-state index contributed by atoms with van der Waals surface area (Å²) in [5.74, 6) is 0.642. The molecule has 0 unspecified atom stereocenters. The zero-order chi connectivity index (χ0) is 31.0. The number of rotatable bonds is 14. The van der Waals surface area contributed by atoms with Crippen LogP contribution < -0.4 is 10.3 Å². The third-order valence-corrected chi connectivity index (χ3v) is 9.06. The average molecular weight is 615 g/mol. The van der Waals surface area contributed by atoms with Crippen LogP contribution in [-0.4, -0.2) is 95.0 Å². The normalized spacial score (nSPS) is 15.2. The zero-order valence-corrected chi connectivity index (χ0v) is 26.2. The number of allylic oxidation sites excluding steroid dienone is 2. The SMILES string of the molecule is CCCOc1ccc(S(=O)(=O)N(CCN2CCOCC2)C/C(C)=C/C=C\O)cc1-c1nc2c(CCC)nn(C)c2c(=O)[nH]1. The largest absolute Gasteiger partial charge is 0.516 e. The van der Waals surface area contributed by atoms with Crippen molar-refractivity contribution in [2.24, 2.45) is 7.05 Å². The quantitative estimate of drug-likeness (QED) is 0.206. The van der Waals surface area contributed by atoms with E-state index in [0.29, 0.717) is 60.8 Å². The van der Waals surface area contributed by atoms with Gasteiger partial charge in [0.05, 0.1) is 42.2 Å². The number of aromatic amines is 1. The van der Waals surface area contributed by atoms with E-state index in [9.17, 15) is 13.2 Å². The molecule has 1 aliphatic rings. The number of aliphatic hydroxyl groups excluding tert-OH is 1. The second-order valence-corrected chi connectivity index (χ2v) is 12.5. The van der Waals surface area contributed by atoms with Crippen LogP contribution in [0.15, 0.2) is 51.9 Å². The molecule has 0 aliphatic carbocycles. The van der Waals surface area contributed by atoms with Gasteiger partial charge in [-0.15, -0.1) is 0 Å². The minimum Gasteiger partial charge on any atom is -0.516 e. The third-order valence-electron chi connectivity index (χ3n) is 7.22. The Morgan fingerprint density at radius 3 is 2.70 bits per heavy atom.